The number of ether oxygens (including phenoxy) is 2. The minimum absolute atomic E-state index is 0. The predicted octanol–water partition coefficient (Wildman–Crippen LogP) is 3.40. The number of para-hydroxylation sites is 1. The van der Waals surface area contributed by atoms with Crippen molar-refractivity contribution in [3.8, 4) is 5.75 Å². The lowest BCUT2D eigenvalue weighted by atomic mass is 9.81. The third-order valence-corrected chi connectivity index (χ3v) is 6.77. The van der Waals surface area contributed by atoms with Crippen LogP contribution in [0.2, 0.25) is 0 Å². The summed E-state index contributed by atoms with van der Waals surface area (Å²) in [6.45, 7) is 2.29. The van der Waals surface area contributed by atoms with Crippen molar-refractivity contribution in [1.82, 2.24) is 10.6 Å². The van der Waals surface area contributed by atoms with Crippen molar-refractivity contribution in [2.24, 2.45) is 10.4 Å². The molecule has 162 valence electrons. The SMILES string of the molecule is CN=C(NCC1(CO)CCOCC1)NC1CC2(CCCC2)Oc2ccccc21.I. The molecule has 2 fully saturated rings. The smallest absolute Gasteiger partial charge is 0.191 e. The molecule has 0 aromatic heterocycles. The van der Waals surface area contributed by atoms with Crippen molar-refractivity contribution in [2.45, 2.75) is 56.6 Å². The summed E-state index contributed by atoms with van der Waals surface area (Å²) in [5.41, 5.74) is 1.03. The number of fused-ring (bicyclic) bond motifs is 1. The fraction of sp³-hybridized carbons (Fsp3) is 0.682. The van der Waals surface area contributed by atoms with Crippen molar-refractivity contribution in [3.05, 3.63) is 29.8 Å². The molecule has 1 spiro atoms. The Kier molecular flexibility index (Phi) is 7.67. The topological polar surface area (TPSA) is 75.1 Å². The van der Waals surface area contributed by atoms with Crippen LogP contribution in [0, 0.1) is 5.41 Å². The van der Waals surface area contributed by atoms with Crippen molar-refractivity contribution in [1.29, 1.82) is 0 Å². The van der Waals surface area contributed by atoms with Gasteiger partial charge < -0.3 is 25.2 Å². The molecule has 6 nitrogen and oxygen atoms in total. The monoisotopic (exact) mass is 515 g/mol. The van der Waals surface area contributed by atoms with E-state index in [-0.39, 0.29) is 47.6 Å². The summed E-state index contributed by atoms with van der Waals surface area (Å²) >= 11 is 0. The molecule has 3 aliphatic rings. The minimum Gasteiger partial charge on any atom is -0.487 e. The van der Waals surface area contributed by atoms with Gasteiger partial charge in [-0.1, -0.05) is 18.2 Å². The van der Waals surface area contributed by atoms with Crippen LogP contribution in [0.15, 0.2) is 29.3 Å². The molecule has 1 saturated carbocycles. The second-order valence-electron chi connectivity index (χ2n) is 8.63. The van der Waals surface area contributed by atoms with Crippen LogP contribution in [-0.4, -0.2) is 50.1 Å². The molecule has 7 heteroatoms. The first-order chi connectivity index (χ1) is 13.7. The maximum absolute atomic E-state index is 9.95. The number of guanidine groups is 1. The fourth-order valence-corrected chi connectivity index (χ4v) is 4.90. The number of benzene rings is 1. The largest absolute Gasteiger partial charge is 0.487 e. The van der Waals surface area contributed by atoms with Crippen LogP contribution >= 0.6 is 24.0 Å². The van der Waals surface area contributed by atoms with Gasteiger partial charge in [-0.3, -0.25) is 4.99 Å². The van der Waals surface area contributed by atoms with Crippen molar-refractivity contribution in [2.75, 3.05) is 33.4 Å². The van der Waals surface area contributed by atoms with E-state index in [1.165, 1.54) is 18.4 Å². The maximum atomic E-state index is 9.95. The Balaban J connectivity index is 0.00000240. The number of aliphatic hydroxyl groups excluding tert-OH is 1. The van der Waals surface area contributed by atoms with Gasteiger partial charge in [-0.15, -0.1) is 24.0 Å². The Labute approximate surface area is 190 Å². The Morgan fingerprint density at radius 3 is 2.59 bits per heavy atom. The molecule has 1 aromatic rings. The number of nitrogens with zero attached hydrogens (tertiary/aromatic N) is 1. The summed E-state index contributed by atoms with van der Waals surface area (Å²) in [7, 11) is 1.81. The summed E-state index contributed by atoms with van der Waals surface area (Å²) in [6, 6.07) is 8.53. The van der Waals surface area contributed by atoms with Crippen molar-refractivity contribution < 1.29 is 14.6 Å². The summed E-state index contributed by atoms with van der Waals surface area (Å²) in [5.74, 6) is 1.79. The van der Waals surface area contributed by atoms with Crippen LogP contribution in [0.3, 0.4) is 0 Å². The first-order valence-corrected chi connectivity index (χ1v) is 10.6. The molecule has 1 aliphatic carbocycles. The normalized spacial score (nSPS) is 24.9. The number of hydrogen-bond acceptors (Lipinski definition) is 4. The third-order valence-electron chi connectivity index (χ3n) is 6.77. The highest BCUT2D eigenvalue weighted by Crippen LogP contribution is 2.47. The van der Waals surface area contributed by atoms with E-state index >= 15 is 0 Å². The number of rotatable bonds is 4. The summed E-state index contributed by atoms with van der Waals surface area (Å²) in [4.78, 5) is 4.46. The van der Waals surface area contributed by atoms with E-state index in [0.29, 0.717) is 19.8 Å². The molecule has 1 atom stereocenters. The molecular formula is C22H34IN3O3. The number of aliphatic imine (C=N–C) groups is 1. The lowest BCUT2D eigenvalue weighted by Gasteiger charge is -2.41. The van der Waals surface area contributed by atoms with E-state index in [0.717, 1.165) is 43.8 Å². The molecule has 0 amide bonds. The molecule has 4 rings (SSSR count). The lowest BCUT2D eigenvalue weighted by Crippen LogP contribution is -2.50. The predicted molar refractivity (Wildman–Crippen MR) is 125 cm³/mol. The standard InChI is InChI=1S/C22H33N3O3.HI/c1-23-20(24-15-21(16-26)10-12-27-13-11-21)25-18-14-22(8-4-5-9-22)28-19-7-3-2-6-17(18)19;/h2-3,6-7,18,26H,4-5,8-16H2,1H3,(H2,23,24,25);1H. The van der Waals surface area contributed by atoms with E-state index in [1.807, 2.05) is 13.1 Å². The first-order valence-electron chi connectivity index (χ1n) is 10.6. The molecule has 29 heavy (non-hydrogen) atoms. The van der Waals surface area contributed by atoms with Gasteiger partial charge in [0.25, 0.3) is 0 Å². The van der Waals surface area contributed by atoms with Gasteiger partial charge in [0.2, 0.25) is 0 Å². The number of aliphatic hydroxyl groups is 1. The zero-order valence-electron chi connectivity index (χ0n) is 17.3. The van der Waals surface area contributed by atoms with Crippen LogP contribution in [0.4, 0.5) is 0 Å². The maximum Gasteiger partial charge on any atom is 0.191 e. The zero-order chi connectivity index (χ0) is 19.5. The second-order valence-corrected chi connectivity index (χ2v) is 8.63. The van der Waals surface area contributed by atoms with Crippen LogP contribution in [-0.2, 0) is 4.74 Å². The number of halogens is 1. The van der Waals surface area contributed by atoms with Gasteiger partial charge in [0, 0.05) is 44.2 Å². The highest BCUT2D eigenvalue weighted by atomic mass is 127. The van der Waals surface area contributed by atoms with Crippen molar-refractivity contribution in [3.63, 3.8) is 0 Å². The van der Waals surface area contributed by atoms with Crippen LogP contribution in [0.25, 0.3) is 0 Å². The molecule has 3 N–H and O–H groups in total. The van der Waals surface area contributed by atoms with E-state index in [2.05, 4.69) is 33.8 Å². The van der Waals surface area contributed by atoms with Gasteiger partial charge in [-0.25, -0.2) is 0 Å². The van der Waals surface area contributed by atoms with Gasteiger partial charge >= 0.3 is 0 Å². The number of nitrogens with one attached hydrogen (secondary N) is 2. The molecule has 1 saturated heterocycles. The van der Waals surface area contributed by atoms with E-state index in [4.69, 9.17) is 9.47 Å². The Morgan fingerprint density at radius 1 is 1.17 bits per heavy atom. The lowest BCUT2D eigenvalue weighted by molar-refractivity contribution is -0.0132. The molecule has 2 heterocycles. The van der Waals surface area contributed by atoms with Gasteiger partial charge in [0.05, 0.1) is 12.6 Å². The highest BCUT2D eigenvalue weighted by Gasteiger charge is 2.43. The second kappa shape index (κ2) is 9.83. The van der Waals surface area contributed by atoms with Gasteiger partial charge in [-0.2, -0.15) is 0 Å². The van der Waals surface area contributed by atoms with E-state index in [1.54, 1.807) is 0 Å². The van der Waals surface area contributed by atoms with E-state index < -0.39 is 0 Å². The summed E-state index contributed by atoms with van der Waals surface area (Å²) in [6.07, 6.45) is 7.43. The van der Waals surface area contributed by atoms with Crippen LogP contribution in [0.5, 0.6) is 5.75 Å². The van der Waals surface area contributed by atoms with Crippen LogP contribution in [0.1, 0.15) is 56.6 Å². The molecule has 2 aliphatic heterocycles. The zero-order valence-corrected chi connectivity index (χ0v) is 19.6. The molecular weight excluding hydrogens is 481 g/mol. The van der Waals surface area contributed by atoms with Gasteiger partial charge in [-0.05, 0) is 44.6 Å². The summed E-state index contributed by atoms with van der Waals surface area (Å²) in [5, 5.41) is 17.1. The van der Waals surface area contributed by atoms with Gasteiger partial charge in [0.1, 0.15) is 11.4 Å². The summed E-state index contributed by atoms with van der Waals surface area (Å²) < 4.78 is 11.9. The van der Waals surface area contributed by atoms with Crippen LogP contribution < -0.4 is 15.4 Å². The van der Waals surface area contributed by atoms with E-state index in [9.17, 15) is 5.11 Å². The Morgan fingerprint density at radius 2 is 1.90 bits per heavy atom. The Hall–Kier alpha value is -1.06. The number of hydrogen-bond donors (Lipinski definition) is 3. The average Bonchev–Trinajstić information content (AvgIpc) is 3.19. The Bertz CT molecular complexity index is 700. The minimum atomic E-state index is -0.129. The van der Waals surface area contributed by atoms with Crippen molar-refractivity contribution >= 4 is 29.9 Å². The third kappa shape index (κ3) is 4.99. The van der Waals surface area contributed by atoms with Gasteiger partial charge in [0.15, 0.2) is 5.96 Å². The fourth-order valence-electron chi connectivity index (χ4n) is 4.90. The molecule has 0 radical (unpaired) electrons. The molecule has 1 unspecified atom stereocenters. The molecule has 0 bridgehead atoms. The quantitative estimate of drug-likeness (QED) is 0.326. The molecule has 1 aromatic carbocycles. The first kappa shape index (κ1) is 22.6. The highest BCUT2D eigenvalue weighted by molar-refractivity contribution is 14.0. The average molecular weight is 515 g/mol.